The molecule has 0 aromatic heterocycles. The van der Waals surface area contributed by atoms with Crippen LogP contribution in [-0.4, -0.2) is 26.2 Å². The van der Waals surface area contributed by atoms with E-state index >= 15 is 0 Å². The molecule has 0 aliphatic carbocycles. The van der Waals surface area contributed by atoms with Gasteiger partial charge >= 0.3 is 62.9 Å². The van der Waals surface area contributed by atoms with Gasteiger partial charge in [-0.3, -0.25) is 0 Å². The van der Waals surface area contributed by atoms with E-state index in [1.807, 2.05) is 0 Å². The molecule has 0 aliphatic heterocycles. The van der Waals surface area contributed by atoms with Crippen LogP contribution in [-0.2, 0) is 11.8 Å². The average molecular weight is 289 g/mol. The zero-order chi connectivity index (χ0) is 14.5. The molecule has 0 heterocycles. The Kier molecular flexibility index (Phi) is 9.05. The Morgan fingerprint density at radius 3 is 1.11 bits per heavy atom. The maximum Gasteiger partial charge on any atom is 0.00750 e. The van der Waals surface area contributed by atoms with Crippen LogP contribution in [0.1, 0.15) is 0 Å². The predicted octanol–water partition coefficient (Wildman–Crippen LogP) is -1.43. The summed E-state index contributed by atoms with van der Waals surface area (Å²) in [5.74, 6) is 0. The van der Waals surface area contributed by atoms with Crippen LogP contribution in [0.5, 0.6) is 0 Å². The molecule has 8 nitrogen and oxygen atoms in total. The van der Waals surface area contributed by atoms with Crippen LogP contribution in [0.25, 0.3) is 0 Å². The summed E-state index contributed by atoms with van der Waals surface area (Å²) in [6.07, 6.45) is 0. The summed E-state index contributed by atoms with van der Waals surface area (Å²) in [6.45, 7) is 3.13. The zero-order valence-electron chi connectivity index (χ0n) is 9.57. The van der Waals surface area contributed by atoms with Gasteiger partial charge in [0.05, 0.1) is 0 Å². The fourth-order valence-corrected chi connectivity index (χ4v) is 1.06. The zero-order valence-corrected chi connectivity index (χ0v) is 10.7. The van der Waals surface area contributed by atoms with Gasteiger partial charge in [0.15, 0.2) is 0 Å². The van der Waals surface area contributed by atoms with Gasteiger partial charge < -0.3 is 16.8 Å². The maximum atomic E-state index is 8.35. The van der Waals surface area contributed by atoms with E-state index in [-0.39, 0.29) is 0 Å². The van der Waals surface area contributed by atoms with Crippen LogP contribution >= 0.6 is 0 Å². The van der Waals surface area contributed by atoms with Crippen molar-refractivity contribution in [3.63, 3.8) is 0 Å². The van der Waals surface area contributed by atoms with Crippen molar-refractivity contribution in [3.05, 3.63) is 0 Å². The van der Waals surface area contributed by atoms with Gasteiger partial charge in [0.1, 0.15) is 0 Å². The number of rotatable bonds is 4. The fourth-order valence-electron chi connectivity index (χ4n) is 0.506. The van der Waals surface area contributed by atoms with Crippen LogP contribution in [0.3, 0.4) is 0 Å². The van der Waals surface area contributed by atoms with Crippen LogP contribution in [0.2, 0.25) is 0 Å². The Labute approximate surface area is 106 Å². The molecular formula is C9H13FeN8. The second kappa shape index (κ2) is 8.94. The monoisotopic (exact) mass is 289 g/mol. The molecule has 0 rings (SSSR count). The van der Waals surface area contributed by atoms with E-state index in [4.69, 9.17) is 37.8 Å². The van der Waals surface area contributed by atoms with E-state index in [0.29, 0.717) is 13.1 Å². The molecule has 0 radical (unpaired) electrons. The minimum absolute atomic E-state index is 0.694. The molecule has 0 saturated heterocycles. The van der Waals surface area contributed by atoms with E-state index in [9.17, 15) is 0 Å². The van der Waals surface area contributed by atoms with Gasteiger partial charge in [0.2, 0.25) is 0 Å². The van der Waals surface area contributed by atoms with Gasteiger partial charge in [-0.1, -0.05) is 0 Å². The molecule has 5 N–H and O–H groups in total. The molecular weight excluding hydrogens is 276 g/mol. The Bertz CT molecular complexity index is 362. The smallest absolute Gasteiger partial charge is 0.00750 e. The van der Waals surface area contributed by atoms with Crippen molar-refractivity contribution in [2.45, 2.75) is 0 Å². The second-order valence-corrected chi connectivity index (χ2v) is 6.60. The maximum absolute atomic E-state index is 8.35. The topological polar surface area (TPSA) is 183 Å². The fraction of sp³-hybridized carbons (Fsp3) is 0.444. The standard InChI is InChI=1S/C4H13N3.5CN.Fe/c5-1-3-7-4-2-6;5*1-2;/h7H,1-6H2;;;;;;. The molecule has 0 atom stereocenters. The van der Waals surface area contributed by atoms with Gasteiger partial charge in [0.25, 0.3) is 0 Å². The van der Waals surface area contributed by atoms with Gasteiger partial charge in [0, 0.05) is 26.2 Å². The van der Waals surface area contributed by atoms with Crippen molar-refractivity contribution >= 4 is 0 Å². The summed E-state index contributed by atoms with van der Waals surface area (Å²) in [6, 6.07) is 0. The first kappa shape index (κ1) is 18.2. The molecule has 0 fully saturated rings. The molecule has 9 heteroatoms. The third kappa shape index (κ3) is 4.79. The van der Waals surface area contributed by atoms with E-state index in [0.717, 1.165) is 13.1 Å². The van der Waals surface area contributed by atoms with Crippen molar-refractivity contribution in [2.75, 3.05) is 26.2 Å². The van der Waals surface area contributed by atoms with Gasteiger partial charge in [-0.05, 0) is 0 Å². The largest absolute Gasteiger partial charge is 0.329 e. The number of nitrogens with zero attached hydrogens (tertiary/aromatic N) is 5. The molecule has 0 aliphatic rings. The van der Waals surface area contributed by atoms with Crippen molar-refractivity contribution in [2.24, 2.45) is 11.5 Å². The molecule has 0 aromatic carbocycles. The number of nitriles is 5. The summed E-state index contributed by atoms with van der Waals surface area (Å²) < 4.78 is 0. The predicted molar refractivity (Wildman–Crippen MR) is 59.0 cm³/mol. The summed E-state index contributed by atoms with van der Waals surface area (Å²) in [7, 11) is 0. The van der Waals surface area contributed by atoms with E-state index in [2.05, 4.69) is 5.32 Å². The number of nitrogens with two attached hydrogens (primary N) is 2. The van der Waals surface area contributed by atoms with Crippen LogP contribution < -0.4 is 16.8 Å². The molecule has 0 saturated carbocycles. The first-order chi connectivity index (χ1) is 8.53. The minimum Gasteiger partial charge on any atom is -0.329 e. The average Bonchev–Trinajstić information content (AvgIpc) is 2.45. The third-order valence-corrected chi connectivity index (χ3v) is 3.90. The normalized spacial score (nSPS) is 10.6. The number of nitrogens with one attached hydrogen (secondary N) is 1. The Morgan fingerprint density at radius 1 is 0.722 bits per heavy atom. The molecule has 0 amide bonds. The second-order valence-electron chi connectivity index (χ2n) is 2.61. The molecule has 18 heavy (non-hydrogen) atoms. The van der Waals surface area contributed by atoms with Crippen molar-refractivity contribution in [1.82, 2.24) is 5.32 Å². The van der Waals surface area contributed by atoms with Crippen LogP contribution in [0, 0.1) is 51.1 Å². The molecule has 0 aromatic rings. The quantitative estimate of drug-likeness (QED) is 0.415. The molecule has 0 spiro atoms. The summed E-state index contributed by atoms with van der Waals surface area (Å²) >= 11 is -4.78. The van der Waals surface area contributed by atoms with Crippen molar-refractivity contribution < 1.29 is 11.8 Å². The minimum atomic E-state index is -4.78. The molecule has 0 unspecified atom stereocenters. The SMILES string of the molecule is N#[C][Fe]([C]#N)([C]#N)([C]#N)[C]#N.NCCNCCN. The first-order valence-corrected chi connectivity index (χ1v) is 7.29. The van der Waals surface area contributed by atoms with Gasteiger partial charge in [-0.25, -0.2) is 0 Å². The van der Waals surface area contributed by atoms with Gasteiger partial charge in [-0.2, -0.15) is 0 Å². The van der Waals surface area contributed by atoms with Crippen molar-refractivity contribution in [3.8, 4) is 24.8 Å². The van der Waals surface area contributed by atoms with Crippen molar-refractivity contribution in [1.29, 1.82) is 26.3 Å². The summed E-state index contributed by atoms with van der Waals surface area (Å²) in [5, 5.41) is 44.8. The number of hydrogen-bond donors (Lipinski definition) is 3. The molecule has 0 bridgehead atoms. The van der Waals surface area contributed by atoms with E-state index in [1.165, 1.54) is 24.8 Å². The summed E-state index contributed by atoms with van der Waals surface area (Å²) in [4.78, 5) is 6.12. The van der Waals surface area contributed by atoms with Gasteiger partial charge in [-0.15, -0.1) is 0 Å². The van der Waals surface area contributed by atoms with E-state index < -0.39 is 11.8 Å². The van der Waals surface area contributed by atoms with E-state index in [1.54, 1.807) is 0 Å². The van der Waals surface area contributed by atoms with Crippen LogP contribution in [0.15, 0.2) is 0 Å². The third-order valence-electron chi connectivity index (χ3n) is 1.43. The Balaban J connectivity index is 0. The Morgan fingerprint density at radius 2 is 1.00 bits per heavy atom. The first-order valence-electron chi connectivity index (χ1n) is 4.53. The summed E-state index contributed by atoms with van der Waals surface area (Å²) in [5.41, 5.74) is 10.3. The molecule has 97 valence electrons. The van der Waals surface area contributed by atoms with Crippen LogP contribution in [0.4, 0.5) is 0 Å². The Hall–Kier alpha value is -2.15. The number of hydrogen-bond acceptors (Lipinski definition) is 8.